The molecule has 7 heteroatoms. The fourth-order valence-electron chi connectivity index (χ4n) is 3.95. The summed E-state index contributed by atoms with van der Waals surface area (Å²) in [6.07, 6.45) is 4.58. The van der Waals surface area contributed by atoms with Crippen LogP contribution in [0.3, 0.4) is 0 Å². The minimum atomic E-state index is -1.02. The first-order chi connectivity index (χ1) is 13.4. The first-order valence-corrected chi connectivity index (χ1v) is 11.0. The highest BCUT2D eigenvalue weighted by molar-refractivity contribution is 7.86. The van der Waals surface area contributed by atoms with Crippen molar-refractivity contribution in [2.45, 2.75) is 24.5 Å². The van der Waals surface area contributed by atoms with Gasteiger partial charge in [-0.3, -0.25) is 13.8 Å². The summed E-state index contributed by atoms with van der Waals surface area (Å²) in [4.78, 5) is 31.6. The van der Waals surface area contributed by atoms with Crippen LogP contribution in [-0.2, 0) is 15.6 Å². The fourth-order valence-corrected chi connectivity index (χ4v) is 5.49. The largest absolute Gasteiger partial charge is 0.351 e. The number of hydrogen-bond donors (Lipinski definition) is 1. The molecule has 0 bridgehead atoms. The topological polar surface area (TPSA) is 73.5 Å². The average Bonchev–Trinajstić information content (AvgIpc) is 3.32. The van der Waals surface area contributed by atoms with E-state index in [0.29, 0.717) is 24.5 Å². The second-order valence-corrected chi connectivity index (χ2v) is 9.42. The molecule has 0 radical (unpaired) electrons. The standard InChI is InChI=1S/C21H25N3O3S/c1-23(2)20(25)18-12-15-8-7-14(11-17(15)22-18)16-5-3-9-24(13-16)21(26)19-6-4-10-28(19)27/h5,7-8,11-12,19,22H,3-4,6,9-10,13H2,1-2H3. The summed E-state index contributed by atoms with van der Waals surface area (Å²) in [5, 5.41) is 0.657. The summed E-state index contributed by atoms with van der Waals surface area (Å²) in [6, 6.07) is 7.94. The van der Waals surface area contributed by atoms with Gasteiger partial charge < -0.3 is 14.8 Å². The third-order valence-electron chi connectivity index (χ3n) is 5.50. The summed E-state index contributed by atoms with van der Waals surface area (Å²) in [5.41, 5.74) is 3.61. The molecule has 2 atom stereocenters. The van der Waals surface area contributed by atoms with Gasteiger partial charge in [0.15, 0.2) is 0 Å². The molecule has 2 aromatic rings. The Balaban J connectivity index is 1.55. The highest BCUT2D eigenvalue weighted by atomic mass is 32.2. The highest BCUT2D eigenvalue weighted by Crippen LogP contribution is 2.27. The molecular weight excluding hydrogens is 374 g/mol. The zero-order chi connectivity index (χ0) is 19.8. The number of aromatic nitrogens is 1. The molecule has 4 rings (SSSR count). The van der Waals surface area contributed by atoms with Crippen LogP contribution < -0.4 is 0 Å². The highest BCUT2D eigenvalue weighted by Gasteiger charge is 2.34. The van der Waals surface area contributed by atoms with Crippen LogP contribution in [0.4, 0.5) is 0 Å². The van der Waals surface area contributed by atoms with Gasteiger partial charge in [-0.05, 0) is 42.5 Å². The fraction of sp³-hybridized carbons (Fsp3) is 0.429. The molecule has 2 aliphatic heterocycles. The van der Waals surface area contributed by atoms with E-state index < -0.39 is 10.8 Å². The number of amides is 2. The van der Waals surface area contributed by atoms with Crippen molar-refractivity contribution in [3.8, 4) is 0 Å². The number of carbonyl (C=O) groups is 2. The Kier molecular flexibility index (Phi) is 5.10. The minimum Gasteiger partial charge on any atom is -0.351 e. The van der Waals surface area contributed by atoms with Crippen LogP contribution >= 0.6 is 0 Å². The van der Waals surface area contributed by atoms with Crippen LogP contribution in [0.15, 0.2) is 30.3 Å². The van der Waals surface area contributed by atoms with Gasteiger partial charge in [0.1, 0.15) is 10.9 Å². The summed E-state index contributed by atoms with van der Waals surface area (Å²) >= 11 is 0. The Morgan fingerprint density at radius 2 is 2.07 bits per heavy atom. The maximum atomic E-state index is 12.8. The molecule has 6 nitrogen and oxygen atoms in total. The van der Waals surface area contributed by atoms with E-state index in [2.05, 4.69) is 11.1 Å². The molecule has 0 saturated carbocycles. The van der Waals surface area contributed by atoms with E-state index in [-0.39, 0.29) is 17.1 Å². The lowest BCUT2D eigenvalue weighted by Crippen LogP contribution is -2.42. The van der Waals surface area contributed by atoms with Gasteiger partial charge in [-0.1, -0.05) is 18.2 Å². The van der Waals surface area contributed by atoms with Gasteiger partial charge >= 0.3 is 0 Å². The van der Waals surface area contributed by atoms with Gasteiger partial charge in [-0.2, -0.15) is 0 Å². The van der Waals surface area contributed by atoms with E-state index in [0.717, 1.165) is 41.3 Å². The molecule has 28 heavy (non-hydrogen) atoms. The Morgan fingerprint density at radius 3 is 2.79 bits per heavy atom. The number of nitrogens with one attached hydrogen (secondary N) is 1. The second kappa shape index (κ2) is 7.54. The number of nitrogens with zero attached hydrogens (tertiary/aromatic N) is 2. The van der Waals surface area contributed by atoms with E-state index in [1.807, 2.05) is 29.2 Å². The van der Waals surface area contributed by atoms with Gasteiger partial charge in [0.25, 0.3) is 5.91 Å². The predicted octanol–water partition coefficient (Wildman–Crippen LogP) is 2.40. The lowest BCUT2D eigenvalue weighted by molar-refractivity contribution is -0.130. The van der Waals surface area contributed by atoms with Gasteiger partial charge in [-0.25, -0.2) is 0 Å². The Morgan fingerprint density at radius 1 is 1.25 bits per heavy atom. The van der Waals surface area contributed by atoms with E-state index >= 15 is 0 Å². The molecule has 1 fully saturated rings. The molecule has 2 amide bonds. The third-order valence-corrected chi connectivity index (χ3v) is 7.26. The minimum absolute atomic E-state index is 0.0289. The number of carbonyl (C=O) groups excluding carboxylic acids is 2. The number of benzene rings is 1. The summed E-state index contributed by atoms with van der Waals surface area (Å²) in [5.74, 6) is 0.613. The number of aromatic amines is 1. The average molecular weight is 400 g/mol. The smallest absolute Gasteiger partial charge is 0.269 e. The molecule has 2 unspecified atom stereocenters. The zero-order valence-corrected chi connectivity index (χ0v) is 17.1. The van der Waals surface area contributed by atoms with Crippen molar-refractivity contribution < 1.29 is 13.8 Å². The van der Waals surface area contributed by atoms with Crippen molar-refractivity contribution in [3.63, 3.8) is 0 Å². The van der Waals surface area contributed by atoms with E-state index in [1.54, 1.807) is 19.0 Å². The number of fused-ring (bicyclic) bond motifs is 1. The molecule has 1 N–H and O–H groups in total. The SMILES string of the molecule is CN(C)C(=O)c1cc2ccc(C3=CCCN(C(=O)C4CCCS4=O)C3)cc2[nH]1. The van der Waals surface area contributed by atoms with Crippen molar-refractivity contribution in [2.24, 2.45) is 0 Å². The van der Waals surface area contributed by atoms with Gasteiger partial charge in [0.05, 0.1) is 0 Å². The predicted molar refractivity (Wildman–Crippen MR) is 112 cm³/mol. The Hall–Kier alpha value is -2.41. The van der Waals surface area contributed by atoms with Gasteiger partial charge in [0, 0.05) is 54.6 Å². The monoisotopic (exact) mass is 399 g/mol. The third kappa shape index (κ3) is 3.51. The van der Waals surface area contributed by atoms with Gasteiger partial charge in [-0.15, -0.1) is 0 Å². The van der Waals surface area contributed by atoms with Crippen molar-refractivity contribution in [2.75, 3.05) is 32.9 Å². The van der Waals surface area contributed by atoms with Crippen LogP contribution in [0.5, 0.6) is 0 Å². The number of rotatable bonds is 3. The molecule has 0 spiro atoms. The normalized spacial score (nSPS) is 22.4. The van der Waals surface area contributed by atoms with Crippen LogP contribution in [0.1, 0.15) is 35.3 Å². The molecular formula is C21H25N3O3S. The first kappa shape index (κ1) is 18.9. The second-order valence-electron chi connectivity index (χ2n) is 7.68. The first-order valence-electron chi connectivity index (χ1n) is 9.64. The molecule has 1 aromatic carbocycles. The van der Waals surface area contributed by atoms with Crippen LogP contribution in [0, 0.1) is 0 Å². The molecule has 2 aliphatic rings. The molecule has 148 valence electrons. The molecule has 3 heterocycles. The van der Waals surface area contributed by atoms with Crippen LogP contribution in [0.2, 0.25) is 0 Å². The number of hydrogen-bond acceptors (Lipinski definition) is 3. The number of H-pyrrole nitrogens is 1. The maximum Gasteiger partial charge on any atom is 0.269 e. The Labute approximate surface area is 167 Å². The van der Waals surface area contributed by atoms with Crippen molar-refractivity contribution in [1.29, 1.82) is 0 Å². The van der Waals surface area contributed by atoms with E-state index in [9.17, 15) is 13.8 Å². The van der Waals surface area contributed by atoms with E-state index in [4.69, 9.17) is 0 Å². The van der Waals surface area contributed by atoms with Crippen molar-refractivity contribution >= 4 is 39.1 Å². The molecule has 1 saturated heterocycles. The lowest BCUT2D eigenvalue weighted by Gasteiger charge is -2.29. The van der Waals surface area contributed by atoms with Crippen LogP contribution in [0.25, 0.3) is 16.5 Å². The molecule has 1 aromatic heterocycles. The summed E-state index contributed by atoms with van der Waals surface area (Å²) < 4.78 is 12.1. The van der Waals surface area contributed by atoms with Gasteiger partial charge in [0.2, 0.25) is 5.91 Å². The summed E-state index contributed by atoms with van der Waals surface area (Å²) in [6.45, 7) is 1.23. The maximum absolute atomic E-state index is 12.8. The Bertz CT molecular complexity index is 992. The molecule has 0 aliphatic carbocycles. The van der Waals surface area contributed by atoms with Crippen LogP contribution in [-0.4, -0.2) is 69.0 Å². The van der Waals surface area contributed by atoms with Crippen molar-refractivity contribution in [3.05, 3.63) is 41.6 Å². The summed E-state index contributed by atoms with van der Waals surface area (Å²) in [7, 11) is 2.44. The van der Waals surface area contributed by atoms with Crippen molar-refractivity contribution in [1.82, 2.24) is 14.8 Å². The van der Waals surface area contributed by atoms with E-state index in [1.165, 1.54) is 0 Å². The lowest BCUT2D eigenvalue weighted by atomic mass is 9.99. The quantitative estimate of drug-likeness (QED) is 0.861. The zero-order valence-electron chi connectivity index (χ0n) is 16.2.